The van der Waals surface area contributed by atoms with E-state index in [9.17, 15) is 28.9 Å². The Bertz CT molecular complexity index is 1380. The van der Waals surface area contributed by atoms with Gasteiger partial charge >= 0.3 is 25.7 Å². The van der Waals surface area contributed by atoms with Crippen molar-refractivity contribution in [1.82, 2.24) is 0 Å². The van der Waals surface area contributed by atoms with Crippen LogP contribution in [0.4, 0.5) is 0 Å². The van der Waals surface area contributed by atoms with E-state index in [0.29, 0.717) is 19.3 Å². The van der Waals surface area contributed by atoms with Gasteiger partial charge in [0.25, 0.3) is 0 Å². The highest BCUT2D eigenvalue weighted by Gasteiger charge is 2.28. The lowest BCUT2D eigenvalue weighted by Gasteiger charge is -2.21. The molecule has 12 heteroatoms. The van der Waals surface area contributed by atoms with Gasteiger partial charge in [-0.25, -0.2) is 4.57 Å². The van der Waals surface area contributed by atoms with Crippen molar-refractivity contribution in [1.29, 1.82) is 0 Å². The number of esters is 3. The van der Waals surface area contributed by atoms with Crippen LogP contribution >= 0.6 is 7.82 Å². The van der Waals surface area contributed by atoms with Gasteiger partial charge in [-0.15, -0.1) is 0 Å². The lowest BCUT2D eigenvalue weighted by atomic mass is 10.0. The molecule has 3 atom stereocenters. The first kappa shape index (κ1) is 71.7. The van der Waals surface area contributed by atoms with E-state index in [1.165, 1.54) is 154 Å². The van der Waals surface area contributed by atoms with E-state index < -0.39 is 57.8 Å². The smallest absolute Gasteiger partial charge is 0.462 e. The fourth-order valence-corrected chi connectivity index (χ4v) is 9.69. The summed E-state index contributed by atoms with van der Waals surface area (Å²) in [7, 11) is -4.74. The number of phosphoric acid groups is 1. The Labute approximate surface area is 454 Å². The van der Waals surface area contributed by atoms with Crippen LogP contribution < -0.4 is 0 Å². The molecule has 0 aromatic rings. The van der Waals surface area contributed by atoms with Gasteiger partial charge < -0.3 is 24.2 Å². The molecule has 0 amide bonds. The van der Waals surface area contributed by atoms with Gasteiger partial charge in [-0.2, -0.15) is 0 Å². The number of allylic oxidation sites excluding steroid dienone is 6. The van der Waals surface area contributed by atoms with E-state index in [2.05, 4.69) is 57.2 Å². The summed E-state index contributed by atoms with van der Waals surface area (Å²) in [4.78, 5) is 48.6. The van der Waals surface area contributed by atoms with E-state index in [0.717, 1.165) is 89.9 Å². The Morgan fingerprint density at radius 3 is 1.08 bits per heavy atom. The Morgan fingerprint density at radius 2 is 0.703 bits per heavy atom. The van der Waals surface area contributed by atoms with Crippen LogP contribution in [0.25, 0.3) is 0 Å². The summed E-state index contributed by atoms with van der Waals surface area (Å²) in [5, 5.41) is 9.81. The van der Waals surface area contributed by atoms with Crippen molar-refractivity contribution in [2.45, 2.75) is 315 Å². The van der Waals surface area contributed by atoms with Crippen LogP contribution in [-0.4, -0.2) is 66.5 Å². The topological polar surface area (TPSA) is 155 Å². The molecule has 0 bridgehead atoms. The summed E-state index contributed by atoms with van der Waals surface area (Å²) >= 11 is 0. The van der Waals surface area contributed by atoms with E-state index >= 15 is 0 Å². The summed E-state index contributed by atoms with van der Waals surface area (Å²) in [6.45, 7) is 4.57. The van der Waals surface area contributed by atoms with Gasteiger partial charge in [0.15, 0.2) is 6.10 Å². The summed E-state index contributed by atoms with van der Waals surface area (Å²) in [5.74, 6) is -1.45. The molecule has 74 heavy (non-hydrogen) atoms. The van der Waals surface area contributed by atoms with E-state index in [-0.39, 0.29) is 25.9 Å². The molecule has 0 saturated heterocycles. The van der Waals surface area contributed by atoms with Crippen molar-refractivity contribution in [3.05, 3.63) is 36.5 Å². The molecule has 3 unspecified atom stereocenters. The normalized spacial score (nSPS) is 13.5. The van der Waals surface area contributed by atoms with Crippen molar-refractivity contribution in [2.24, 2.45) is 0 Å². The van der Waals surface area contributed by atoms with Crippen molar-refractivity contribution in [2.75, 3.05) is 26.4 Å². The monoisotopic (exact) mass is 1070 g/mol. The molecule has 0 aliphatic heterocycles. The van der Waals surface area contributed by atoms with Crippen LogP contribution in [-0.2, 0) is 42.2 Å². The maximum atomic E-state index is 12.9. The largest absolute Gasteiger partial charge is 0.472 e. The van der Waals surface area contributed by atoms with Crippen LogP contribution in [0.5, 0.6) is 0 Å². The van der Waals surface area contributed by atoms with Crippen LogP contribution in [0, 0.1) is 0 Å². The molecule has 0 aromatic carbocycles. The van der Waals surface area contributed by atoms with Gasteiger partial charge in [-0.1, -0.05) is 269 Å². The first-order valence-corrected chi connectivity index (χ1v) is 32.4. The first-order valence-electron chi connectivity index (χ1n) is 30.9. The van der Waals surface area contributed by atoms with Gasteiger partial charge in [0.1, 0.15) is 12.7 Å². The zero-order chi connectivity index (χ0) is 54.1. The Balaban J connectivity index is 4.67. The molecule has 0 radical (unpaired) electrons. The number of aliphatic hydroxyl groups is 1. The summed E-state index contributed by atoms with van der Waals surface area (Å²) < 4.78 is 39.6. The molecule has 0 heterocycles. The van der Waals surface area contributed by atoms with Gasteiger partial charge in [0.05, 0.1) is 19.8 Å². The molecule has 0 aliphatic rings. The number of hydrogen-bond acceptors (Lipinski definition) is 10. The number of aliphatic hydroxyl groups excluding tert-OH is 1. The summed E-state index contributed by atoms with van der Waals surface area (Å²) in [6.07, 6.45) is 59.6. The zero-order valence-electron chi connectivity index (χ0n) is 48.1. The lowest BCUT2D eigenvalue weighted by molar-refractivity contribution is -0.161. The number of carbonyl (C=O) groups excluding carboxylic acids is 3. The molecule has 0 rings (SSSR count). The molecule has 2 N–H and O–H groups in total. The third kappa shape index (κ3) is 54.5. The van der Waals surface area contributed by atoms with Crippen molar-refractivity contribution < 1.29 is 52.2 Å². The van der Waals surface area contributed by atoms with Crippen molar-refractivity contribution in [3.63, 3.8) is 0 Å². The average Bonchev–Trinajstić information content (AvgIpc) is 3.39. The Kier molecular flexibility index (Phi) is 55.1. The van der Waals surface area contributed by atoms with Crippen LogP contribution in [0.2, 0.25) is 0 Å². The highest BCUT2D eigenvalue weighted by molar-refractivity contribution is 7.47. The van der Waals surface area contributed by atoms with Gasteiger partial charge in [-0.3, -0.25) is 23.4 Å². The van der Waals surface area contributed by atoms with Crippen LogP contribution in [0.1, 0.15) is 303 Å². The highest BCUT2D eigenvalue weighted by atomic mass is 31.2. The highest BCUT2D eigenvalue weighted by Crippen LogP contribution is 2.43. The lowest BCUT2D eigenvalue weighted by Crippen LogP contribution is -2.30. The second kappa shape index (κ2) is 56.9. The number of unbranched alkanes of at least 4 members (excludes halogenated alkanes) is 35. The maximum Gasteiger partial charge on any atom is 0.472 e. The summed E-state index contributed by atoms with van der Waals surface area (Å²) in [6, 6.07) is 0. The van der Waals surface area contributed by atoms with Crippen LogP contribution in [0.3, 0.4) is 0 Å². The molecule has 11 nitrogen and oxygen atoms in total. The fourth-order valence-electron chi connectivity index (χ4n) is 8.90. The number of ether oxygens (including phenoxy) is 3. The third-order valence-electron chi connectivity index (χ3n) is 13.6. The summed E-state index contributed by atoms with van der Waals surface area (Å²) in [5.41, 5.74) is 0. The molecule has 0 saturated carbocycles. The van der Waals surface area contributed by atoms with Gasteiger partial charge in [-0.05, 0) is 51.4 Å². The second-order valence-electron chi connectivity index (χ2n) is 20.9. The van der Waals surface area contributed by atoms with Gasteiger partial charge in [0, 0.05) is 19.3 Å². The van der Waals surface area contributed by atoms with Crippen LogP contribution in [0.15, 0.2) is 36.5 Å². The molecule has 434 valence electrons. The first-order chi connectivity index (χ1) is 36.2. The fraction of sp³-hybridized carbons (Fsp3) is 0.855. The number of rotatable bonds is 58. The molecular formula is C62H115O11P. The van der Waals surface area contributed by atoms with E-state index in [4.69, 9.17) is 23.3 Å². The van der Waals surface area contributed by atoms with Gasteiger partial charge in [0.2, 0.25) is 0 Å². The Hall–Kier alpha value is -2.30. The molecule has 0 spiro atoms. The maximum absolute atomic E-state index is 12.9. The standard InChI is InChI=1S/C62H115O11P/c1-4-7-10-13-16-19-22-24-26-28-29-31-32-34-37-39-42-45-48-51-60(64)69-55-59(73-62(66)53-50-47-44-41-38-35-33-30-27-25-23-20-17-14-11-8-5-2)57-71-74(67,68)70-56-58(54-63)72-61(65)52-49-46-43-40-36-21-18-15-12-9-6-3/h8,11,17,20,25,27,58-59,63H,4-7,9-10,12-16,18-19,21-24,26,28-57H2,1-3H3,(H,67,68)/b11-8-,20-17-,27-25-. The number of phosphoric ester groups is 1. The van der Waals surface area contributed by atoms with E-state index in [1.54, 1.807) is 0 Å². The third-order valence-corrected chi connectivity index (χ3v) is 14.5. The minimum absolute atomic E-state index is 0.161. The minimum Gasteiger partial charge on any atom is -0.462 e. The quantitative estimate of drug-likeness (QED) is 0.0197. The predicted octanol–water partition coefficient (Wildman–Crippen LogP) is 18.4. The Morgan fingerprint density at radius 1 is 0.392 bits per heavy atom. The van der Waals surface area contributed by atoms with Crippen molar-refractivity contribution in [3.8, 4) is 0 Å². The number of hydrogen-bond donors (Lipinski definition) is 2. The van der Waals surface area contributed by atoms with Crippen molar-refractivity contribution >= 4 is 25.7 Å². The molecule has 0 fully saturated rings. The molecule has 0 aliphatic carbocycles. The number of carbonyl (C=O) groups is 3. The minimum atomic E-state index is -4.74. The second-order valence-corrected chi connectivity index (χ2v) is 22.3. The molecule has 0 aromatic heterocycles. The SMILES string of the molecule is CC/C=C\C/C=C\C/C=C\CCCCCCCCCC(=O)OC(COC(=O)CCCCCCCCCCCCCCCCCCCCC)COP(=O)(O)OCC(CO)OC(=O)CCCCCCCCCCCCC. The molecular weight excluding hydrogens is 952 g/mol. The predicted molar refractivity (Wildman–Crippen MR) is 307 cm³/mol. The average molecular weight is 1070 g/mol. The zero-order valence-corrected chi connectivity index (χ0v) is 49.0. The van der Waals surface area contributed by atoms with E-state index in [1.807, 2.05) is 0 Å².